The molecule has 1 amide bonds. The Morgan fingerprint density at radius 3 is 2.38 bits per heavy atom. The van der Waals surface area contributed by atoms with E-state index >= 15 is 0 Å². The van der Waals surface area contributed by atoms with E-state index in [1.807, 2.05) is 0 Å². The first kappa shape index (κ1) is 19.0. The molecule has 2 aromatic rings. The second kappa shape index (κ2) is 8.15. The summed E-state index contributed by atoms with van der Waals surface area (Å²) in [4.78, 5) is 23.2. The highest BCUT2D eigenvalue weighted by Crippen LogP contribution is 2.34. The van der Waals surface area contributed by atoms with Crippen molar-refractivity contribution in [3.05, 3.63) is 57.4 Å². The van der Waals surface area contributed by atoms with Crippen LogP contribution in [-0.4, -0.2) is 32.1 Å². The number of benzene rings is 2. The molecule has 0 saturated carbocycles. The van der Waals surface area contributed by atoms with Crippen LogP contribution in [0.3, 0.4) is 0 Å². The molecule has 8 nitrogen and oxygen atoms in total. The molecule has 9 heteroatoms. The van der Waals surface area contributed by atoms with Gasteiger partial charge in [0.05, 0.1) is 19.1 Å². The predicted octanol–water partition coefficient (Wildman–Crippen LogP) is 2.72. The van der Waals surface area contributed by atoms with Crippen LogP contribution in [0.1, 0.15) is 15.9 Å². The zero-order chi connectivity index (χ0) is 19.3. The Labute approximate surface area is 149 Å². The average Bonchev–Trinajstić information content (AvgIpc) is 2.64. The lowest BCUT2D eigenvalue weighted by Crippen LogP contribution is -2.24. The fourth-order valence-electron chi connectivity index (χ4n) is 2.46. The summed E-state index contributed by atoms with van der Waals surface area (Å²) in [6.07, 6.45) is 0. The number of nitro groups is 1. The van der Waals surface area contributed by atoms with Gasteiger partial charge in [0.1, 0.15) is 17.0 Å². The number of amides is 1. The van der Waals surface area contributed by atoms with Crippen LogP contribution in [-0.2, 0) is 6.54 Å². The van der Waals surface area contributed by atoms with Crippen LogP contribution in [0.2, 0.25) is 0 Å². The van der Waals surface area contributed by atoms with Gasteiger partial charge < -0.3 is 20.1 Å². The minimum atomic E-state index is -0.596. The number of rotatable bonds is 7. The number of hydrogen-bond donors (Lipinski definition) is 2. The van der Waals surface area contributed by atoms with E-state index in [0.29, 0.717) is 5.56 Å². The number of nitrogens with one attached hydrogen (secondary N) is 2. The van der Waals surface area contributed by atoms with Gasteiger partial charge in [-0.3, -0.25) is 14.9 Å². The maximum Gasteiger partial charge on any atom is 0.293 e. The number of methoxy groups -OCH3 is 2. The third kappa shape index (κ3) is 3.82. The van der Waals surface area contributed by atoms with Crippen molar-refractivity contribution >= 4 is 17.3 Å². The molecule has 0 atom stereocenters. The molecule has 26 heavy (non-hydrogen) atoms. The van der Waals surface area contributed by atoms with Crippen molar-refractivity contribution in [2.24, 2.45) is 0 Å². The topological polar surface area (TPSA) is 103 Å². The maximum atomic E-state index is 13.7. The van der Waals surface area contributed by atoms with Crippen molar-refractivity contribution in [3.63, 3.8) is 0 Å². The smallest absolute Gasteiger partial charge is 0.293 e. The van der Waals surface area contributed by atoms with Crippen LogP contribution in [0.25, 0.3) is 0 Å². The minimum absolute atomic E-state index is 0.00168. The second-order valence-corrected chi connectivity index (χ2v) is 5.20. The quantitative estimate of drug-likeness (QED) is 0.579. The standard InChI is InChI=1S/C17H18FN3O5/c1-19-16-12(21(23)24)5-7-14(26-3)15(16)17(22)20-9-10-4-6-13(25-2)11(18)8-10/h4-8,19H,9H2,1-3H3,(H,20,22). The van der Waals surface area contributed by atoms with E-state index < -0.39 is 16.6 Å². The largest absolute Gasteiger partial charge is 0.496 e. The zero-order valence-electron chi connectivity index (χ0n) is 14.5. The Morgan fingerprint density at radius 1 is 1.19 bits per heavy atom. The van der Waals surface area contributed by atoms with Crippen LogP contribution in [0.15, 0.2) is 30.3 Å². The van der Waals surface area contributed by atoms with Crippen LogP contribution in [0.5, 0.6) is 11.5 Å². The fraction of sp³-hybridized carbons (Fsp3) is 0.235. The van der Waals surface area contributed by atoms with Crippen molar-refractivity contribution in [1.29, 1.82) is 0 Å². The lowest BCUT2D eigenvalue weighted by Gasteiger charge is -2.14. The van der Waals surface area contributed by atoms with Gasteiger partial charge >= 0.3 is 0 Å². The Morgan fingerprint density at radius 2 is 1.85 bits per heavy atom. The van der Waals surface area contributed by atoms with E-state index in [2.05, 4.69) is 10.6 Å². The molecule has 0 radical (unpaired) electrons. The van der Waals surface area contributed by atoms with Crippen LogP contribution in [0.4, 0.5) is 15.8 Å². The molecular formula is C17H18FN3O5. The van der Waals surface area contributed by atoms with Crippen LogP contribution >= 0.6 is 0 Å². The molecule has 138 valence electrons. The van der Waals surface area contributed by atoms with Crippen molar-refractivity contribution in [3.8, 4) is 11.5 Å². The normalized spacial score (nSPS) is 10.2. The summed E-state index contributed by atoms with van der Waals surface area (Å²) in [6.45, 7) is 0.0226. The molecule has 0 aliphatic rings. The Hall–Kier alpha value is -3.36. The number of halogens is 1. The van der Waals surface area contributed by atoms with Gasteiger partial charge in [0.25, 0.3) is 11.6 Å². The molecule has 0 unspecified atom stereocenters. The van der Waals surface area contributed by atoms with Crippen molar-refractivity contribution in [2.75, 3.05) is 26.6 Å². The van der Waals surface area contributed by atoms with E-state index in [9.17, 15) is 19.3 Å². The summed E-state index contributed by atoms with van der Waals surface area (Å²) >= 11 is 0. The average molecular weight is 363 g/mol. The molecule has 0 saturated heterocycles. The van der Waals surface area contributed by atoms with Crippen molar-refractivity contribution in [1.82, 2.24) is 5.32 Å². The van der Waals surface area contributed by atoms with Gasteiger partial charge in [-0.2, -0.15) is 0 Å². The lowest BCUT2D eigenvalue weighted by atomic mass is 10.1. The summed E-state index contributed by atoms with van der Waals surface area (Å²) < 4.78 is 23.7. The summed E-state index contributed by atoms with van der Waals surface area (Å²) in [7, 11) is 4.18. The number of carbonyl (C=O) groups excluding carboxylic acids is 1. The first-order valence-corrected chi connectivity index (χ1v) is 7.56. The summed E-state index contributed by atoms with van der Waals surface area (Å²) in [5.41, 5.74) is 0.284. The third-order valence-electron chi connectivity index (χ3n) is 3.71. The van der Waals surface area contributed by atoms with Gasteiger partial charge in [-0.25, -0.2) is 4.39 Å². The van der Waals surface area contributed by atoms with Crippen molar-refractivity contribution < 1.29 is 23.6 Å². The SMILES string of the molecule is CNc1c([N+](=O)[O-])ccc(OC)c1C(=O)NCc1ccc(OC)c(F)c1. The minimum Gasteiger partial charge on any atom is -0.496 e. The lowest BCUT2D eigenvalue weighted by molar-refractivity contribution is -0.384. The molecule has 0 heterocycles. The van der Waals surface area contributed by atoms with Gasteiger partial charge in [0.2, 0.25) is 0 Å². The van der Waals surface area contributed by atoms with Crippen molar-refractivity contribution in [2.45, 2.75) is 6.54 Å². The highest BCUT2D eigenvalue weighted by Gasteiger charge is 2.25. The molecule has 0 aliphatic heterocycles. The fourth-order valence-corrected chi connectivity index (χ4v) is 2.46. The highest BCUT2D eigenvalue weighted by atomic mass is 19.1. The molecule has 0 aromatic heterocycles. The third-order valence-corrected chi connectivity index (χ3v) is 3.71. The number of hydrogen-bond acceptors (Lipinski definition) is 6. The summed E-state index contributed by atoms with van der Waals surface area (Å²) in [6, 6.07) is 6.89. The molecule has 2 rings (SSSR count). The molecule has 2 aromatic carbocycles. The summed E-state index contributed by atoms with van der Waals surface area (Å²) in [5, 5.41) is 16.4. The summed E-state index contributed by atoms with van der Waals surface area (Å²) in [5.74, 6) is -0.870. The zero-order valence-corrected chi connectivity index (χ0v) is 14.5. The number of carbonyl (C=O) groups is 1. The van der Waals surface area contributed by atoms with E-state index in [1.165, 1.54) is 45.5 Å². The Balaban J connectivity index is 2.30. The van der Waals surface area contributed by atoms with Gasteiger partial charge in [-0.15, -0.1) is 0 Å². The number of nitro benzene ring substituents is 1. The first-order chi connectivity index (χ1) is 12.4. The van der Waals surface area contributed by atoms with E-state index in [4.69, 9.17) is 9.47 Å². The van der Waals surface area contributed by atoms with E-state index in [-0.39, 0.29) is 35.0 Å². The van der Waals surface area contributed by atoms with Gasteiger partial charge in [0.15, 0.2) is 11.6 Å². The molecular weight excluding hydrogens is 345 g/mol. The van der Waals surface area contributed by atoms with Crippen LogP contribution < -0.4 is 20.1 Å². The van der Waals surface area contributed by atoms with Gasteiger partial charge in [-0.1, -0.05) is 6.07 Å². The molecule has 0 fully saturated rings. The number of nitrogens with zero attached hydrogens (tertiary/aromatic N) is 1. The molecule has 0 spiro atoms. The van der Waals surface area contributed by atoms with E-state index in [1.54, 1.807) is 6.07 Å². The second-order valence-electron chi connectivity index (χ2n) is 5.20. The predicted molar refractivity (Wildman–Crippen MR) is 93.3 cm³/mol. The Kier molecular flexibility index (Phi) is 5.94. The highest BCUT2D eigenvalue weighted by molar-refractivity contribution is 6.04. The van der Waals surface area contributed by atoms with Gasteiger partial charge in [0, 0.05) is 19.7 Å². The first-order valence-electron chi connectivity index (χ1n) is 7.56. The van der Waals surface area contributed by atoms with Gasteiger partial charge in [-0.05, 0) is 23.8 Å². The Bertz CT molecular complexity index is 841. The maximum absolute atomic E-state index is 13.7. The van der Waals surface area contributed by atoms with E-state index in [0.717, 1.165) is 0 Å². The molecule has 0 bridgehead atoms. The molecule has 2 N–H and O–H groups in total. The number of ether oxygens (including phenoxy) is 2. The monoisotopic (exact) mass is 363 g/mol. The van der Waals surface area contributed by atoms with Crippen LogP contribution in [0, 0.1) is 15.9 Å². The molecule has 0 aliphatic carbocycles. The number of anilines is 1.